The highest BCUT2D eigenvalue weighted by atomic mass is 79.9. The van der Waals surface area contributed by atoms with Gasteiger partial charge in [0, 0.05) is 4.83 Å². The molecule has 1 aliphatic heterocycles. The van der Waals surface area contributed by atoms with Crippen LogP contribution in [0.5, 0.6) is 0 Å². The highest BCUT2D eigenvalue weighted by molar-refractivity contribution is 9.09. The summed E-state index contributed by atoms with van der Waals surface area (Å²) in [5.41, 5.74) is 0.0880. The average molecular weight is 245 g/mol. The number of fused-ring (bicyclic) bond motifs is 1. The molecule has 13 heavy (non-hydrogen) atoms. The summed E-state index contributed by atoms with van der Waals surface area (Å²) in [4.78, 5) is 0.568. The molecule has 1 nitrogen and oxygen atoms in total. The van der Waals surface area contributed by atoms with Crippen molar-refractivity contribution in [2.24, 2.45) is 5.92 Å². The Morgan fingerprint density at radius 1 is 1.38 bits per heavy atom. The topological polar surface area (TPSA) is 9.23 Å². The molecule has 1 saturated heterocycles. The Morgan fingerprint density at radius 3 is 2.92 bits per heavy atom. The Morgan fingerprint density at radius 2 is 2.15 bits per heavy atom. The molecule has 0 N–H and O–H groups in total. The van der Waals surface area contributed by atoms with E-state index in [1.54, 1.807) is 0 Å². The first-order valence-electron chi connectivity index (χ1n) is 5.07. The smallest absolute Gasteiger partial charge is 0.0792 e. The fraction of sp³-hybridized carbons (Fsp3) is 0.818. The zero-order valence-corrected chi connectivity index (χ0v) is 9.88. The standard InChI is InChI=1S/C11H17BrO/c1-11(2)6-5-8-7-9(12)3-4-10(8)13-11/h3-4,8-10H,5-7H2,1-2H3. The monoisotopic (exact) mass is 244 g/mol. The summed E-state index contributed by atoms with van der Waals surface area (Å²) in [6, 6.07) is 0. The van der Waals surface area contributed by atoms with Crippen LogP contribution in [0.4, 0.5) is 0 Å². The van der Waals surface area contributed by atoms with E-state index >= 15 is 0 Å². The number of allylic oxidation sites excluding steroid dienone is 1. The Kier molecular flexibility index (Phi) is 2.54. The third-order valence-electron chi connectivity index (χ3n) is 3.07. The van der Waals surface area contributed by atoms with Crippen LogP contribution >= 0.6 is 15.9 Å². The zero-order chi connectivity index (χ0) is 9.47. The molecular formula is C11H17BrO. The Balaban J connectivity index is 2.08. The summed E-state index contributed by atoms with van der Waals surface area (Å²) in [7, 11) is 0. The van der Waals surface area contributed by atoms with Crippen molar-refractivity contribution < 1.29 is 4.74 Å². The van der Waals surface area contributed by atoms with Gasteiger partial charge in [0.2, 0.25) is 0 Å². The lowest BCUT2D eigenvalue weighted by Gasteiger charge is -2.42. The molecule has 1 heterocycles. The summed E-state index contributed by atoms with van der Waals surface area (Å²) >= 11 is 3.64. The maximum absolute atomic E-state index is 6.02. The minimum absolute atomic E-state index is 0.0880. The van der Waals surface area contributed by atoms with Crippen LogP contribution in [0.1, 0.15) is 33.1 Å². The predicted molar refractivity (Wildman–Crippen MR) is 58.1 cm³/mol. The fourth-order valence-corrected chi connectivity index (χ4v) is 2.92. The van der Waals surface area contributed by atoms with E-state index < -0.39 is 0 Å². The fourth-order valence-electron chi connectivity index (χ4n) is 2.27. The van der Waals surface area contributed by atoms with Gasteiger partial charge in [0.15, 0.2) is 0 Å². The average Bonchev–Trinajstić information content (AvgIpc) is 2.05. The Labute approximate surface area is 88.7 Å². The molecule has 1 aliphatic carbocycles. The van der Waals surface area contributed by atoms with Crippen molar-refractivity contribution in [2.75, 3.05) is 0 Å². The summed E-state index contributed by atoms with van der Waals surface area (Å²) in [6.07, 6.45) is 8.57. The van der Waals surface area contributed by atoms with Gasteiger partial charge in [-0.1, -0.05) is 28.1 Å². The van der Waals surface area contributed by atoms with Crippen molar-refractivity contribution in [2.45, 2.75) is 49.6 Å². The molecule has 0 spiro atoms. The lowest BCUT2D eigenvalue weighted by atomic mass is 9.81. The van der Waals surface area contributed by atoms with Crippen LogP contribution in [0.25, 0.3) is 0 Å². The number of hydrogen-bond donors (Lipinski definition) is 0. The summed E-state index contributed by atoms with van der Waals surface area (Å²) < 4.78 is 6.02. The van der Waals surface area contributed by atoms with Crippen molar-refractivity contribution >= 4 is 15.9 Å². The minimum Gasteiger partial charge on any atom is -0.368 e. The molecule has 0 amide bonds. The molecule has 1 fully saturated rings. The van der Waals surface area contributed by atoms with Crippen LogP contribution in [0.3, 0.4) is 0 Å². The molecule has 0 saturated carbocycles. The van der Waals surface area contributed by atoms with Gasteiger partial charge in [-0.25, -0.2) is 0 Å². The van der Waals surface area contributed by atoms with Gasteiger partial charge >= 0.3 is 0 Å². The summed E-state index contributed by atoms with van der Waals surface area (Å²) in [6.45, 7) is 4.38. The lowest BCUT2D eigenvalue weighted by molar-refractivity contribution is -0.116. The van der Waals surface area contributed by atoms with Gasteiger partial charge in [-0.15, -0.1) is 0 Å². The molecule has 2 rings (SSSR count). The van der Waals surface area contributed by atoms with Crippen LogP contribution in [-0.4, -0.2) is 16.5 Å². The van der Waals surface area contributed by atoms with Crippen LogP contribution in [-0.2, 0) is 4.74 Å². The van der Waals surface area contributed by atoms with Gasteiger partial charge in [0.1, 0.15) is 0 Å². The predicted octanol–water partition coefficient (Wildman–Crippen LogP) is 3.28. The Hall–Kier alpha value is 0.180. The molecule has 0 aromatic heterocycles. The van der Waals surface area contributed by atoms with E-state index in [9.17, 15) is 0 Å². The zero-order valence-electron chi connectivity index (χ0n) is 8.29. The quantitative estimate of drug-likeness (QED) is 0.470. The Bertz CT molecular complexity index is 222. The molecule has 0 bridgehead atoms. The van der Waals surface area contributed by atoms with Gasteiger partial charge < -0.3 is 4.74 Å². The first-order chi connectivity index (χ1) is 6.07. The number of hydrogen-bond acceptors (Lipinski definition) is 1. The van der Waals surface area contributed by atoms with Gasteiger partial charge in [-0.3, -0.25) is 0 Å². The molecule has 2 heteroatoms. The normalized spacial score (nSPS) is 42.8. The third-order valence-corrected chi connectivity index (χ3v) is 3.75. The van der Waals surface area contributed by atoms with Crippen LogP contribution in [0, 0.1) is 5.92 Å². The lowest BCUT2D eigenvalue weighted by Crippen LogP contribution is -2.42. The molecule has 3 unspecified atom stereocenters. The highest BCUT2D eigenvalue weighted by Gasteiger charge is 2.36. The molecular weight excluding hydrogens is 228 g/mol. The van der Waals surface area contributed by atoms with Gasteiger partial charge in [0.05, 0.1) is 11.7 Å². The second-order valence-electron chi connectivity index (χ2n) is 4.78. The van der Waals surface area contributed by atoms with E-state index in [0.29, 0.717) is 10.9 Å². The summed E-state index contributed by atoms with van der Waals surface area (Å²) in [5, 5.41) is 0. The van der Waals surface area contributed by atoms with E-state index in [0.717, 1.165) is 5.92 Å². The van der Waals surface area contributed by atoms with Gasteiger partial charge in [-0.2, -0.15) is 0 Å². The molecule has 3 atom stereocenters. The molecule has 0 aromatic rings. The van der Waals surface area contributed by atoms with Crippen LogP contribution in [0.2, 0.25) is 0 Å². The van der Waals surface area contributed by atoms with Crippen molar-refractivity contribution in [1.29, 1.82) is 0 Å². The van der Waals surface area contributed by atoms with Crippen molar-refractivity contribution in [1.82, 2.24) is 0 Å². The van der Waals surface area contributed by atoms with Gasteiger partial charge in [-0.05, 0) is 39.0 Å². The van der Waals surface area contributed by atoms with Crippen LogP contribution in [0.15, 0.2) is 12.2 Å². The molecule has 2 aliphatic rings. The molecule has 0 radical (unpaired) electrons. The maximum atomic E-state index is 6.02. The second kappa shape index (κ2) is 3.39. The van der Waals surface area contributed by atoms with Crippen molar-refractivity contribution in [3.63, 3.8) is 0 Å². The molecule has 74 valence electrons. The first-order valence-corrected chi connectivity index (χ1v) is 5.99. The highest BCUT2D eigenvalue weighted by Crippen LogP contribution is 2.38. The minimum atomic E-state index is 0.0880. The van der Waals surface area contributed by atoms with Crippen molar-refractivity contribution in [3.05, 3.63) is 12.2 Å². The molecule has 0 aromatic carbocycles. The number of alkyl halides is 1. The van der Waals surface area contributed by atoms with E-state index in [-0.39, 0.29) is 5.60 Å². The third kappa shape index (κ3) is 2.16. The van der Waals surface area contributed by atoms with Crippen LogP contribution < -0.4 is 0 Å². The first kappa shape index (κ1) is 9.72. The second-order valence-corrected chi connectivity index (χ2v) is 5.95. The summed E-state index contributed by atoms with van der Waals surface area (Å²) in [5.74, 6) is 0.738. The van der Waals surface area contributed by atoms with E-state index in [1.807, 2.05) is 0 Å². The SMILES string of the molecule is CC1(C)CCC2CC(Br)C=CC2O1. The maximum Gasteiger partial charge on any atom is 0.0792 e. The number of halogens is 1. The van der Waals surface area contributed by atoms with Crippen molar-refractivity contribution in [3.8, 4) is 0 Å². The number of rotatable bonds is 0. The number of ether oxygens (including phenoxy) is 1. The van der Waals surface area contributed by atoms with E-state index in [2.05, 4.69) is 41.9 Å². The van der Waals surface area contributed by atoms with Gasteiger partial charge in [0.25, 0.3) is 0 Å². The van der Waals surface area contributed by atoms with E-state index in [4.69, 9.17) is 4.74 Å². The largest absolute Gasteiger partial charge is 0.368 e. The van der Waals surface area contributed by atoms with E-state index in [1.165, 1.54) is 19.3 Å².